The number of benzene rings is 1. The highest BCUT2D eigenvalue weighted by Crippen LogP contribution is 2.23. The van der Waals surface area contributed by atoms with Crippen molar-refractivity contribution in [3.8, 4) is 5.69 Å². The minimum absolute atomic E-state index is 0.0572. The molecule has 0 unspecified atom stereocenters. The van der Waals surface area contributed by atoms with E-state index in [1.807, 2.05) is 0 Å². The summed E-state index contributed by atoms with van der Waals surface area (Å²) in [7, 11) is 1.44. The number of hydrogen-bond donors (Lipinski definition) is 0. The summed E-state index contributed by atoms with van der Waals surface area (Å²) in [4.78, 5) is 21.5. The van der Waals surface area contributed by atoms with Gasteiger partial charge in [0.05, 0.1) is 15.6 Å². The number of nitrogens with zero attached hydrogens (tertiary/aromatic N) is 5. The van der Waals surface area contributed by atoms with Crippen molar-refractivity contribution in [1.82, 2.24) is 19.8 Å². The average Bonchev–Trinajstić information content (AvgIpc) is 2.60. The number of nitro groups is 1. The van der Waals surface area contributed by atoms with E-state index in [-0.39, 0.29) is 16.4 Å². The minimum atomic E-state index is -0.574. The molecule has 0 amide bonds. The fraction of sp³-hybridized carbons (Fsp3) is 0.125. The number of aromatic nitrogens is 4. The third-order valence-corrected chi connectivity index (χ3v) is 2.39. The number of hydrogen-bond acceptors (Lipinski definition) is 5. The molecule has 88 valence electrons. The summed E-state index contributed by atoms with van der Waals surface area (Å²) >= 11 is 5.85. The Morgan fingerprint density at radius 3 is 2.59 bits per heavy atom. The molecule has 0 N–H and O–H groups in total. The molecule has 0 fully saturated rings. The molecule has 8 nitrogen and oxygen atoms in total. The monoisotopic (exact) mass is 255 g/mol. The van der Waals surface area contributed by atoms with Gasteiger partial charge in [0.15, 0.2) is 0 Å². The highest BCUT2D eigenvalue weighted by molar-refractivity contribution is 6.32. The minimum Gasteiger partial charge on any atom is -0.258 e. The lowest BCUT2D eigenvalue weighted by atomic mass is 10.3. The van der Waals surface area contributed by atoms with Gasteiger partial charge in [-0.2, -0.15) is 9.36 Å². The first kappa shape index (κ1) is 11.3. The zero-order valence-electron chi connectivity index (χ0n) is 8.57. The molecular weight excluding hydrogens is 250 g/mol. The predicted molar refractivity (Wildman–Crippen MR) is 58.3 cm³/mol. The van der Waals surface area contributed by atoms with Crippen LogP contribution in [0.4, 0.5) is 5.69 Å². The quantitative estimate of drug-likeness (QED) is 0.576. The summed E-state index contributed by atoms with van der Waals surface area (Å²) in [6, 6.07) is 3.73. The second-order valence-corrected chi connectivity index (χ2v) is 3.60. The van der Waals surface area contributed by atoms with Crippen LogP contribution in [0.5, 0.6) is 0 Å². The van der Waals surface area contributed by atoms with E-state index in [0.29, 0.717) is 0 Å². The highest BCUT2D eigenvalue weighted by Gasteiger charge is 2.14. The number of tetrazole rings is 1. The maximum atomic E-state index is 11.5. The Bertz CT molecular complexity index is 647. The summed E-state index contributed by atoms with van der Waals surface area (Å²) in [5.74, 6) is 0. The summed E-state index contributed by atoms with van der Waals surface area (Å²) < 4.78 is 1.99. The molecule has 1 heterocycles. The Hall–Kier alpha value is -2.22. The van der Waals surface area contributed by atoms with Crippen molar-refractivity contribution in [3.05, 3.63) is 43.8 Å². The standard InChI is InChI=1S/C8H6ClN5O3/c1-12-8(15)13(11-10-12)7-3-2-5(14(16)17)4-6(7)9/h2-4H,1H3. The Balaban J connectivity index is 2.58. The van der Waals surface area contributed by atoms with Gasteiger partial charge in [0.2, 0.25) is 0 Å². The second kappa shape index (κ2) is 3.98. The molecule has 0 spiro atoms. The molecule has 0 bridgehead atoms. The van der Waals surface area contributed by atoms with Crippen LogP contribution >= 0.6 is 11.6 Å². The van der Waals surface area contributed by atoms with Crippen LogP contribution in [-0.2, 0) is 7.05 Å². The van der Waals surface area contributed by atoms with Crippen LogP contribution in [0.1, 0.15) is 0 Å². The Kier molecular flexibility index (Phi) is 2.64. The summed E-state index contributed by atoms with van der Waals surface area (Å²) in [5.41, 5.74) is -0.396. The third-order valence-electron chi connectivity index (χ3n) is 2.09. The van der Waals surface area contributed by atoms with Gasteiger partial charge in [-0.15, -0.1) is 0 Å². The van der Waals surface area contributed by atoms with Gasteiger partial charge in [-0.25, -0.2) is 4.79 Å². The molecule has 0 aliphatic heterocycles. The first-order valence-corrected chi connectivity index (χ1v) is 4.82. The maximum Gasteiger partial charge on any atom is 0.368 e. The van der Waals surface area contributed by atoms with Gasteiger partial charge in [0.25, 0.3) is 5.69 Å². The van der Waals surface area contributed by atoms with Crippen LogP contribution < -0.4 is 5.69 Å². The van der Waals surface area contributed by atoms with Gasteiger partial charge in [-0.05, 0) is 16.5 Å². The van der Waals surface area contributed by atoms with E-state index in [1.54, 1.807) is 0 Å². The molecule has 0 aliphatic carbocycles. The van der Waals surface area contributed by atoms with Crippen molar-refractivity contribution in [2.75, 3.05) is 0 Å². The normalized spacial score (nSPS) is 10.5. The Morgan fingerprint density at radius 1 is 1.41 bits per heavy atom. The van der Waals surface area contributed by atoms with Crippen LogP contribution in [0, 0.1) is 10.1 Å². The Labute approximate surface area is 99.2 Å². The van der Waals surface area contributed by atoms with Crippen molar-refractivity contribution in [2.45, 2.75) is 0 Å². The lowest BCUT2D eigenvalue weighted by Crippen LogP contribution is -2.22. The fourth-order valence-electron chi connectivity index (χ4n) is 1.25. The van der Waals surface area contributed by atoms with Gasteiger partial charge >= 0.3 is 5.69 Å². The van der Waals surface area contributed by atoms with Crippen LogP contribution in [0.3, 0.4) is 0 Å². The number of rotatable bonds is 2. The van der Waals surface area contributed by atoms with Gasteiger partial charge in [-0.3, -0.25) is 10.1 Å². The molecule has 0 saturated carbocycles. The van der Waals surface area contributed by atoms with Crippen LogP contribution in [0.2, 0.25) is 5.02 Å². The molecule has 2 aromatic rings. The van der Waals surface area contributed by atoms with Crippen molar-refractivity contribution >= 4 is 17.3 Å². The number of halogens is 1. The first-order chi connectivity index (χ1) is 8.00. The predicted octanol–water partition coefficient (Wildman–Crippen LogP) is 0.528. The number of aryl methyl sites for hydroxylation is 1. The highest BCUT2D eigenvalue weighted by atomic mass is 35.5. The second-order valence-electron chi connectivity index (χ2n) is 3.19. The molecule has 17 heavy (non-hydrogen) atoms. The zero-order valence-corrected chi connectivity index (χ0v) is 9.33. The first-order valence-electron chi connectivity index (χ1n) is 4.44. The maximum absolute atomic E-state index is 11.5. The lowest BCUT2D eigenvalue weighted by Gasteiger charge is -2.00. The SMILES string of the molecule is Cn1nnn(-c2ccc([N+](=O)[O-])cc2Cl)c1=O. The molecule has 0 atom stereocenters. The van der Waals surface area contributed by atoms with Gasteiger partial charge in [0.1, 0.15) is 0 Å². The molecule has 0 saturated heterocycles. The lowest BCUT2D eigenvalue weighted by molar-refractivity contribution is -0.384. The molecular formula is C8H6ClN5O3. The molecule has 2 rings (SSSR count). The topological polar surface area (TPSA) is 95.8 Å². The van der Waals surface area contributed by atoms with Crippen molar-refractivity contribution in [2.24, 2.45) is 7.05 Å². The molecule has 1 aromatic carbocycles. The summed E-state index contributed by atoms with van der Waals surface area (Å²) in [6.45, 7) is 0. The molecule has 0 aliphatic rings. The third kappa shape index (κ3) is 1.89. The smallest absolute Gasteiger partial charge is 0.258 e. The van der Waals surface area contributed by atoms with E-state index in [4.69, 9.17) is 11.6 Å². The van der Waals surface area contributed by atoms with E-state index in [0.717, 1.165) is 15.4 Å². The summed E-state index contributed by atoms with van der Waals surface area (Å²) in [6.07, 6.45) is 0. The van der Waals surface area contributed by atoms with Crippen molar-refractivity contribution in [1.29, 1.82) is 0 Å². The van der Waals surface area contributed by atoms with E-state index < -0.39 is 10.6 Å². The van der Waals surface area contributed by atoms with Crippen molar-refractivity contribution < 1.29 is 4.92 Å². The molecule has 0 radical (unpaired) electrons. The van der Waals surface area contributed by atoms with E-state index in [1.165, 1.54) is 19.2 Å². The molecule has 1 aromatic heterocycles. The van der Waals surface area contributed by atoms with Gasteiger partial charge in [-0.1, -0.05) is 11.6 Å². The molecule has 9 heteroatoms. The number of non-ortho nitro benzene ring substituents is 1. The van der Waals surface area contributed by atoms with E-state index in [9.17, 15) is 14.9 Å². The van der Waals surface area contributed by atoms with Gasteiger partial charge < -0.3 is 0 Å². The largest absolute Gasteiger partial charge is 0.368 e. The van der Waals surface area contributed by atoms with E-state index >= 15 is 0 Å². The zero-order chi connectivity index (χ0) is 12.6. The van der Waals surface area contributed by atoms with Crippen LogP contribution in [0.15, 0.2) is 23.0 Å². The van der Waals surface area contributed by atoms with E-state index in [2.05, 4.69) is 10.4 Å². The fourth-order valence-corrected chi connectivity index (χ4v) is 1.50. The Morgan fingerprint density at radius 2 is 2.12 bits per heavy atom. The van der Waals surface area contributed by atoms with Gasteiger partial charge in [0, 0.05) is 19.2 Å². The average molecular weight is 256 g/mol. The number of nitro benzene ring substituents is 1. The van der Waals surface area contributed by atoms with Crippen LogP contribution in [-0.4, -0.2) is 24.7 Å². The van der Waals surface area contributed by atoms with Crippen LogP contribution in [0.25, 0.3) is 5.69 Å². The van der Waals surface area contributed by atoms with Crippen molar-refractivity contribution in [3.63, 3.8) is 0 Å². The summed E-state index contributed by atoms with van der Waals surface area (Å²) in [5, 5.41) is 17.7.